The predicted octanol–water partition coefficient (Wildman–Crippen LogP) is 4.89. The fraction of sp³-hybridized carbons (Fsp3) is 0.174. The minimum absolute atomic E-state index is 0.142. The molecule has 32 heavy (non-hydrogen) atoms. The zero-order chi connectivity index (χ0) is 22.3. The van der Waals surface area contributed by atoms with Gasteiger partial charge in [-0.25, -0.2) is 4.39 Å². The van der Waals surface area contributed by atoms with Crippen LogP contribution in [0.5, 0.6) is 0 Å². The molecule has 1 amide bonds. The van der Waals surface area contributed by atoms with E-state index in [4.69, 9.17) is 13.6 Å². The number of hydrogen-bond donors (Lipinski definition) is 0. The molecule has 7 nitrogen and oxygen atoms in total. The van der Waals surface area contributed by atoms with Crippen LogP contribution in [0.3, 0.4) is 0 Å². The monoisotopic (exact) mass is 453 g/mol. The highest BCUT2D eigenvalue weighted by Gasteiger charge is 2.17. The topological polar surface area (TPSA) is 81.6 Å². The molecule has 0 aliphatic heterocycles. The van der Waals surface area contributed by atoms with Gasteiger partial charge in [0.1, 0.15) is 17.3 Å². The number of methoxy groups -OCH3 is 1. The van der Waals surface area contributed by atoms with Gasteiger partial charge in [0.25, 0.3) is 5.89 Å². The minimum Gasteiger partial charge on any atom is -0.457 e. The van der Waals surface area contributed by atoms with E-state index in [1.165, 1.54) is 34.5 Å². The summed E-state index contributed by atoms with van der Waals surface area (Å²) in [6.07, 6.45) is 2.92. The first-order valence-corrected chi connectivity index (χ1v) is 10.7. The van der Waals surface area contributed by atoms with Crippen LogP contribution in [0.2, 0.25) is 0 Å². The minimum atomic E-state index is -0.374. The highest BCUT2D eigenvalue weighted by Crippen LogP contribution is 2.26. The van der Waals surface area contributed by atoms with Gasteiger partial charge in [-0.05, 0) is 41.8 Å². The van der Waals surface area contributed by atoms with Crippen molar-refractivity contribution in [1.29, 1.82) is 0 Å². The maximum absolute atomic E-state index is 14.0. The molecule has 4 aromatic rings. The zero-order valence-corrected chi connectivity index (χ0v) is 18.0. The van der Waals surface area contributed by atoms with Crippen molar-refractivity contribution in [3.63, 3.8) is 0 Å². The first-order valence-electron chi connectivity index (χ1n) is 9.81. The van der Waals surface area contributed by atoms with E-state index >= 15 is 0 Å². The number of thiophene rings is 1. The molecule has 3 heterocycles. The Bertz CT molecular complexity index is 1200. The molecule has 3 aromatic heterocycles. The van der Waals surface area contributed by atoms with Crippen molar-refractivity contribution in [3.8, 4) is 22.1 Å². The third-order valence-electron chi connectivity index (χ3n) is 4.56. The van der Waals surface area contributed by atoms with Crippen LogP contribution in [-0.2, 0) is 16.1 Å². The number of furan rings is 1. The Balaban J connectivity index is 1.45. The van der Waals surface area contributed by atoms with Crippen LogP contribution in [0.25, 0.3) is 28.2 Å². The Hall–Kier alpha value is -3.56. The van der Waals surface area contributed by atoms with E-state index < -0.39 is 0 Å². The van der Waals surface area contributed by atoms with Crippen molar-refractivity contribution in [1.82, 2.24) is 15.1 Å². The van der Waals surface area contributed by atoms with E-state index in [2.05, 4.69) is 10.2 Å². The highest BCUT2D eigenvalue weighted by molar-refractivity contribution is 7.13. The quantitative estimate of drug-likeness (QED) is 0.336. The Morgan fingerprint density at radius 2 is 2.03 bits per heavy atom. The lowest BCUT2D eigenvalue weighted by atomic mass is 10.1. The molecule has 0 bridgehead atoms. The number of amides is 1. The lowest BCUT2D eigenvalue weighted by Gasteiger charge is -2.18. The molecular weight excluding hydrogens is 433 g/mol. The van der Waals surface area contributed by atoms with Crippen LogP contribution < -0.4 is 0 Å². The summed E-state index contributed by atoms with van der Waals surface area (Å²) in [7, 11) is 1.56. The summed E-state index contributed by atoms with van der Waals surface area (Å²) in [6, 6.07) is 13.5. The third kappa shape index (κ3) is 5.19. The van der Waals surface area contributed by atoms with Gasteiger partial charge in [-0.3, -0.25) is 4.79 Å². The van der Waals surface area contributed by atoms with Gasteiger partial charge in [-0.1, -0.05) is 18.2 Å². The lowest BCUT2D eigenvalue weighted by molar-refractivity contribution is -0.127. The second kappa shape index (κ2) is 10.2. The van der Waals surface area contributed by atoms with E-state index in [0.29, 0.717) is 42.0 Å². The van der Waals surface area contributed by atoms with Crippen molar-refractivity contribution < 1.29 is 22.8 Å². The summed E-state index contributed by atoms with van der Waals surface area (Å²) in [5.41, 5.74) is 0.359. The summed E-state index contributed by atoms with van der Waals surface area (Å²) in [5, 5.41) is 10.0. The zero-order valence-electron chi connectivity index (χ0n) is 17.2. The normalized spacial score (nSPS) is 11.3. The molecule has 0 fully saturated rings. The first-order chi connectivity index (χ1) is 15.6. The van der Waals surface area contributed by atoms with Crippen molar-refractivity contribution >= 4 is 23.3 Å². The fourth-order valence-electron chi connectivity index (χ4n) is 2.96. The number of carbonyl (C=O) groups excluding carboxylic acids is 1. The molecule has 4 rings (SSSR count). The molecule has 0 N–H and O–H groups in total. The second-order valence-electron chi connectivity index (χ2n) is 6.75. The number of ether oxygens (including phenoxy) is 1. The van der Waals surface area contributed by atoms with Gasteiger partial charge >= 0.3 is 0 Å². The predicted molar refractivity (Wildman–Crippen MR) is 118 cm³/mol. The molecule has 0 saturated heterocycles. The summed E-state index contributed by atoms with van der Waals surface area (Å²) >= 11 is 1.49. The number of benzene rings is 1. The van der Waals surface area contributed by atoms with Gasteiger partial charge in [0.05, 0.1) is 23.6 Å². The Labute approximate surface area is 187 Å². The van der Waals surface area contributed by atoms with Gasteiger partial charge < -0.3 is 18.5 Å². The van der Waals surface area contributed by atoms with Gasteiger partial charge in [0.2, 0.25) is 11.8 Å². The maximum atomic E-state index is 14.0. The van der Waals surface area contributed by atoms with Crippen LogP contribution in [0.15, 0.2) is 68.8 Å². The van der Waals surface area contributed by atoms with E-state index in [1.54, 1.807) is 37.4 Å². The molecule has 0 spiro atoms. The van der Waals surface area contributed by atoms with Crippen LogP contribution in [0.1, 0.15) is 11.7 Å². The van der Waals surface area contributed by atoms with Gasteiger partial charge in [-0.2, -0.15) is 0 Å². The Morgan fingerprint density at radius 3 is 2.81 bits per heavy atom. The molecule has 0 atom stereocenters. The smallest absolute Gasteiger partial charge is 0.257 e. The molecular formula is C23H20FN3O4S. The molecule has 0 unspecified atom stereocenters. The molecule has 0 aliphatic rings. The molecule has 0 saturated carbocycles. The standard InChI is InChI=1S/C23H20FN3O4S/c1-29-13-12-27(15-21-25-26-23(31-21)20-7-4-14-32-20)22(28)11-9-16-8-10-19(30-16)17-5-2-3-6-18(17)24/h2-11,14H,12-13,15H2,1H3/b11-9+. The SMILES string of the molecule is COCCN(Cc1nnc(-c2cccs2)o1)C(=O)/C=C/c1ccc(-c2ccccc2F)o1. The molecule has 1 aromatic carbocycles. The third-order valence-corrected chi connectivity index (χ3v) is 5.42. The molecule has 0 aliphatic carbocycles. The lowest BCUT2D eigenvalue weighted by Crippen LogP contribution is -2.32. The van der Waals surface area contributed by atoms with Crippen molar-refractivity contribution in [3.05, 3.63) is 77.5 Å². The number of halogens is 1. The Kier molecular flexibility index (Phi) is 6.88. The summed E-state index contributed by atoms with van der Waals surface area (Å²) in [5.74, 6) is 0.911. The Morgan fingerprint density at radius 1 is 1.16 bits per heavy atom. The van der Waals surface area contributed by atoms with Crippen molar-refractivity contribution in [2.75, 3.05) is 20.3 Å². The largest absolute Gasteiger partial charge is 0.457 e. The van der Waals surface area contributed by atoms with Crippen molar-refractivity contribution in [2.45, 2.75) is 6.54 Å². The number of carbonyl (C=O) groups is 1. The van der Waals surface area contributed by atoms with E-state index in [9.17, 15) is 9.18 Å². The average molecular weight is 453 g/mol. The molecule has 0 radical (unpaired) electrons. The van der Waals surface area contributed by atoms with Gasteiger partial charge in [0, 0.05) is 19.7 Å². The first kappa shape index (κ1) is 21.7. The second-order valence-corrected chi connectivity index (χ2v) is 7.69. The number of rotatable bonds is 9. The van der Waals surface area contributed by atoms with E-state index in [0.717, 1.165) is 4.88 Å². The van der Waals surface area contributed by atoms with E-state index in [1.807, 2.05) is 17.5 Å². The number of aromatic nitrogens is 2. The maximum Gasteiger partial charge on any atom is 0.257 e. The summed E-state index contributed by atoms with van der Waals surface area (Å²) in [4.78, 5) is 15.2. The number of nitrogens with zero attached hydrogens (tertiary/aromatic N) is 3. The molecule has 9 heteroatoms. The summed E-state index contributed by atoms with van der Waals surface area (Å²) in [6.45, 7) is 0.836. The van der Waals surface area contributed by atoms with Gasteiger partial charge in [0.15, 0.2) is 0 Å². The summed E-state index contributed by atoms with van der Waals surface area (Å²) < 4.78 is 30.4. The number of hydrogen-bond acceptors (Lipinski definition) is 7. The fourth-order valence-corrected chi connectivity index (χ4v) is 3.60. The van der Waals surface area contributed by atoms with Crippen LogP contribution >= 0.6 is 11.3 Å². The molecule has 164 valence electrons. The van der Waals surface area contributed by atoms with Crippen LogP contribution in [-0.4, -0.2) is 41.3 Å². The van der Waals surface area contributed by atoms with Crippen LogP contribution in [0, 0.1) is 5.82 Å². The average Bonchev–Trinajstić information content (AvgIpc) is 3.57. The highest BCUT2D eigenvalue weighted by atomic mass is 32.1. The van der Waals surface area contributed by atoms with Gasteiger partial charge in [-0.15, -0.1) is 21.5 Å². The van der Waals surface area contributed by atoms with Crippen molar-refractivity contribution in [2.24, 2.45) is 0 Å². The van der Waals surface area contributed by atoms with E-state index in [-0.39, 0.29) is 18.3 Å². The van der Waals surface area contributed by atoms with Crippen LogP contribution in [0.4, 0.5) is 4.39 Å².